The molecule has 0 fully saturated rings. The van der Waals surface area contributed by atoms with Gasteiger partial charge in [0.15, 0.2) is 6.73 Å². The van der Waals surface area contributed by atoms with Gasteiger partial charge in [-0.2, -0.15) is 5.26 Å². The summed E-state index contributed by atoms with van der Waals surface area (Å²) in [5.74, 6) is -0.301. The Labute approximate surface area is 131 Å². The molecule has 0 aliphatic heterocycles. The molecular weight excluding hydrogens is 432 g/mol. The number of nitriles is 1. The first-order valence-electron chi connectivity index (χ1n) is 5.00. The second-order valence-electron chi connectivity index (χ2n) is 4.62. The molecule has 0 atom stereocenters. The Balaban J connectivity index is 2.95. The molecule has 18 heavy (non-hydrogen) atoms. The highest BCUT2D eigenvalue weighted by Crippen LogP contribution is 2.35. The third-order valence-corrected chi connectivity index (χ3v) is 5.08. The Morgan fingerprint density at radius 3 is 2.28 bits per heavy atom. The second-order valence-corrected chi connectivity index (χ2v) is 6.92. The third-order valence-electron chi connectivity index (χ3n) is 2.13. The number of nitrogens with zero attached hydrogens (tertiary/aromatic N) is 2. The number of hydrogen-bond acceptors (Lipinski definition) is 3. The van der Waals surface area contributed by atoms with Crippen molar-refractivity contribution in [3.05, 3.63) is 19.2 Å². The van der Waals surface area contributed by atoms with Crippen molar-refractivity contribution < 1.29 is 9.53 Å². The van der Waals surface area contributed by atoms with Gasteiger partial charge in [-0.15, -0.1) is 0 Å². The fourth-order valence-electron chi connectivity index (χ4n) is 1.08. The number of ether oxygens (including phenoxy) is 1. The number of hydrogen-bond donors (Lipinski definition) is 0. The summed E-state index contributed by atoms with van der Waals surface area (Å²) in [7, 11) is 0. The smallest absolute Gasteiger partial charge is 0.312 e. The summed E-state index contributed by atoms with van der Waals surface area (Å²) in [6, 6.07) is 2.06. The van der Waals surface area contributed by atoms with Crippen LogP contribution in [-0.4, -0.2) is 10.5 Å². The van der Waals surface area contributed by atoms with Gasteiger partial charge >= 0.3 is 5.97 Å². The first kappa shape index (κ1) is 15.7. The minimum absolute atomic E-state index is 0.0392. The van der Waals surface area contributed by atoms with E-state index in [4.69, 9.17) is 10.00 Å². The first-order chi connectivity index (χ1) is 8.20. The van der Waals surface area contributed by atoms with E-state index in [0.717, 1.165) is 0 Å². The van der Waals surface area contributed by atoms with Crippen molar-refractivity contribution in [1.82, 2.24) is 4.57 Å². The lowest BCUT2D eigenvalue weighted by atomic mass is 9.98. The summed E-state index contributed by atoms with van der Waals surface area (Å²) in [6.45, 7) is 5.39. The molecule has 0 unspecified atom stereocenters. The molecular formula is C11H11Br3N2O2. The summed E-state index contributed by atoms with van der Waals surface area (Å²) in [5.41, 5.74) is -0.102. The monoisotopic (exact) mass is 440 g/mol. The summed E-state index contributed by atoms with van der Waals surface area (Å²) >= 11 is 9.94. The highest BCUT2D eigenvalue weighted by Gasteiger charge is 2.24. The number of aromatic nitrogens is 1. The van der Waals surface area contributed by atoms with E-state index >= 15 is 0 Å². The SMILES string of the molecule is CC(C)(C)C(=O)OCn1c(Br)c(Br)c(C#N)c1Br. The maximum atomic E-state index is 11.7. The van der Waals surface area contributed by atoms with Crippen molar-refractivity contribution in [2.75, 3.05) is 0 Å². The van der Waals surface area contributed by atoms with Crippen LogP contribution in [0.25, 0.3) is 0 Å². The van der Waals surface area contributed by atoms with Crippen molar-refractivity contribution in [1.29, 1.82) is 5.26 Å². The molecule has 7 heteroatoms. The molecule has 0 saturated heterocycles. The predicted octanol–water partition coefficient (Wildman–Crippen LogP) is 4.19. The molecule has 1 heterocycles. The molecule has 0 bridgehead atoms. The Morgan fingerprint density at radius 2 is 1.89 bits per heavy atom. The van der Waals surface area contributed by atoms with E-state index in [1.54, 1.807) is 25.3 Å². The molecule has 0 aromatic carbocycles. The van der Waals surface area contributed by atoms with Gasteiger partial charge in [0.25, 0.3) is 0 Å². The lowest BCUT2D eigenvalue weighted by Gasteiger charge is -2.17. The van der Waals surface area contributed by atoms with Gasteiger partial charge in [-0.3, -0.25) is 9.36 Å². The van der Waals surface area contributed by atoms with Gasteiger partial charge in [-0.1, -0.05) is 0 Å². The van der Waals surface area contributed by atoms with E-state index in [0.29, 0.717) is 19.2 Å². The normalized spacial score (nSPS) is 11.2. The van der Waals surface area contributed by atoms with Crippen LogP contribution in [0, 0.1) is 16.7 Å². The molecule has 0 N–H and O–H groups in total. The largest absolute Gasteiger partial charge is 0.443 e. The molecule has 1 rings (SSSR count). The second kappa shape index (κ2) is 5.76. The van der Waals surface area contributed by atoms with Crippen LogP contribution >= 0.6 is 47.8 Å². The van der Waals surface area contributed by atoms with Crippen molar-refractivity contribution in [3.8, 4) is 6.07 Å². The van der Waals surface area contributed by atoms with Gasteiger partial charge in [0.1, 0.15) is 15.3 Å². The Hall–Kier alpha value is -0.320. The molecule has 4 nitrogen and oxygen atoms in total. The van der Waals surface area contributed by atoms with Gasteiger partial charge in [-0.05, 0) is 68.6 Å². The number of halogens is 3. The zero-order valence-corrected chi connectivity index (χ0v) is 14.8. The summed E-state index contributed by atoms with van der Waals surface area (Å²) in [6.07, 6.45) is 0. The maximum absolute atomic E-state index is 11.7. The number of carbonyl (C=O) groups is 1. The average Bonchev–Trinajstić information content (AvgIpc) is 2.46. The van der Waals surface area contributed by atoms with Crippen LogP contribution in [0.3, 0.4) is 0 Å². The Morgan fingerprint density at radius 1 is 1.33 bits per heavy atom. The molecule has 98 valence electrons. The van der Waals surface area contributed by atoms with Gasteiger partial charge in [0, 0.05) is 0 Å². The van der Waals surface area contributed by atoms with Crippen LogP contribution in [-0.2, 0) is 16.3 Å². The van der Waals surface area contributed by atoms with Crippen LogP contribution in [0.4, 0.5) is 0 Å². The lowest BCUT2D eigenvalue weighted by Crippen LogP contribution is -2.24. The van der Waals surface area contributed by atoms with Crippen LogP contribution in [0.2, 0.25) is 0 Å². The molecule has 0 radical (unpaired) electrons. The van der Waals surface area contributed by atoms with E-state index in [1.165, 1.54) is 0 Å². The summed E-state index contributed by atoms with van der Waals surface area (Å²) in [4.78, 5) is 11.7. The van der Waals surface area contributed by atoms with Crippen molar-refractivity contribution in [3.63, 3.8) is 0 Å². The summed E-state index contributed by atoms with van der Waals surface area (Å²) in [5, 5.41) is 8.99. The van der Waals surface area contributed by atoms with Crippen LogP contribution in [0.1, 0.15) is 26.3 Å². The highest BCUT2D eigenvalue weighted by atomic mass is 79.9. The van der Waals surface area contributed by atoms with Crippen molar-refractivity contribution in [2.24, 2.45) is 5.41 Å². The van der Waals surface area contributed by atoms with Gasteiger partial charge in [0.2, 0.25) is 0 Å². The summed E-state index contributed by atoms with van der Waals surface area (Å²) < 4.78 is 8.68. The predicted molar refractivity (Wildman–Crippen MR) is 77.8 cm³/mol. The van der Waals surface area contributed by atoms with Crippen LogP contribution in [0.5, 0.6) is 0 Å². The average molecular weight is 443 g/mol. The van der Waals surface area contributed by atoms with E-state index in [9.17, 15) is 4.79 Å². The number of rotatable bonds is 2. The number of esters is 1. The molecule has 0 aliphatic rings. The van der Waals surface area contributed by atoms with Crippen LogP contribution < -0.4 is 0 Å². The Bertz CT molecular complexity index is 524. The van der Waals surface area contributed by atoms with Crippen LogP contribution in [0.15, 0.2) is 13.7 Å². The quantitative estimate of drug-likeness (QED) is 0.645. The number of carbonyl (C=O) groups excluding carboxylic acids is 1. The zero-order chi connectivity index (χ0) is 14.1. The minimum Gasteiger partial charge on any atom is -0.443 e. The lowest BCUT2D eigenvalue weighted by molar-refractivity contribution is -0.157. The zero-order valence-electron chi connectivity index (χ0n) is 10.1. The van der Waals surface area contributed by atoms with E-state index in [-0.39, 0.29) is 12.7 Å². The van der Waals surface area contributed by atoms with Gasteiger partial charge < -0.3 is 4.74 Å². The minimum atomic E-state index is -0.554. The van der Waals surface area contributed by atoms with Crippen molar-refractivity contribution in [2.45, 2.75) is 27.5 Å². The van der Waals surface area contributed by atoms with E-state index < -0.39 is 5.41 Å². The maximum Gasteiger partial charge on any atom is 0.312 e. The molecule has 0 amide bonds. The fourth-order valence-corrected chi connectivity index (χ4v) is 3.12. The standard InChI is InChI=1S/C11H11Br3N2O2/c1-11(2,3)10(17)18-5-16-8(13)6(4-15)7(12)9(16)14/h5H2,1-3H3. The molecule has 0 spiro atoms. The van der Waals surface area contributed by atoms with E-state index in [1.807, 2.05) is 0 Å². The Kier molecular flexibility index (Phi) is 5.04. The fraction of sp³-hybridized carbons (Fsp3) is 0.455. The van der Waals surface area contributed by atoms with Gasteiger partial charge in [-0.25, -0.2) is 0 Å². The molecule has 0 saturated carbocycles. The molecule has 0 aliphatic carbocycles. The third kappa shape index (κ3) is 3.16. The van der Waals surface area contributed by atoms with Gasteiger partial charge in [0.05, 0.1) is 15.5 Å². The van der Waals surface area contributed by atoms with Crippen molar-refractivity contribution >= 4 is 53.8 Å². The highest BCUT2D eigenvalue weighted by molar-refractivity contribution is 9.13. The first-order valence-corrected chi connectivity index (χ1v) is 7.38. The molecule has 1 aromatic rings. The molecule has 1 aromatic heterocycles. The van der Waals surface area contributed by atoms with E-state index in [2.05, 4.69) is 53.9 Å². The topological polar surface area (TPSA) is 55.0 Å².